The quantitative estimate of drug-likeness (QED) is 0.595. The maximum absolute atomic E-state index is 5.83. The minimum atomic E-state index is 0.761. The second-order valence-electron chi connectivity index (χ2n) is 4.22. The molecule has 116 valence electrons. The number of benzene rings is 2. The lowest BCUT2D eigenvalue weighted by molar-refractivity contribution is 1.18. The molecule has 3 aromatic rings. The molecule has 0 atom stereocenters. The molecule has 3 rings (SSSR count). The third-order valence-corrected chi connectivity index (χ3v) is 2.76. The minimum Gasteiger partial charge on any atom is -0.320 e. The van der Waals surface area contributed by atoms with E-state index >= 15 is 0 Å². The lowest BCUT2D eigenvalue weighted by atomic mass is 10.1. The first-order valence-electron chi connectivity index (χ1n) is 7.54. The molecule has 23 heavy (non-hydrogen) atoms. The van der Waals surface area contributed by atoms with Crippen molar-refractivity contribution in [2.75, 3.05) is 7.05 Å². The third kappa shape index (κ3) is 5.72. The highest BCUT2D eigenvalue weighted by Crippen LogP contribution is 2.20. The fourth-order valence-corrected chi connectivity index (χ4v) is 1.85. The molecule has 0 N–H and O–H groups in total. The second-order valence-corrected chi connectivity index (χ2v) is 4.22. The van der Waals surface area contributed by atoms with Crippen molar-refractivity contribution in [1.29, 1.82) is 0 Å². The van der Waals surface area contributed by atoms with Crippen LogP contribution in [0.25, 0.3) is 27.5 Å². The summed E-state index contributed by atoms with van der Waals surface area (Å²) in [6, 6.07) is 22.1. The van der Waals surface area contributed by atoms with E-state index in [0.717, 1.165) is 22.6 Å². The molecule has 0 fully saturated rings. The first-order valence-corrected chi connectivity index (χ1v) is 7.54. The highest BCUT2D eigenvalue weighted by Gasteiger charge is 2.03. The predicted octanol–water partition coefficient (Wildman–Crippen LogP) is 5.37. The Hall–Kier alpha value is -2.99. The van der Waals surface area contributed by atoms with Gasteiger partial charge in [-0.05, 0) is 6.07 Å². The predicted molar refractivity (Wildman–Crippen MR) is 96.8 cm³/mol. The van der Waals surface area contributed by atoms with Gasteiger partial charge in [-0.2, -0.15) is 0 Å². The first-order chi connectivity index (χ1) is 11.3. The van der Waals surface area contributed by atoms with Crippen LogP contribution in [-0.4, -0.2) is 17.0 Å². The van der Waals surface area contributed by atoms with Crippen LogP contribution in [0.3, 0.4) is 0 Å². The van der Waals surface area contributed by atoms with Crippen LogP contribution in [0.4, 0.5) is 0 Å². The van der Waals surface area contributed by atoms with Crippen LogP contribution in [0.2, 0.25) is 0 Å². The highest BCUT2D eigenvalue weighted by atomic mass is 14.9. The SMILES string of the molecule is CC.[C-]#[N+]C.c1ccc(-c2ccnc(-c3ccccc3)n2)cc1. The lowest BCUT2D eigenvalue weighted by Crippen LogP contribution is -1.90. The average Bonchev–Trinajstić information content (AvgIpc) is 2.66. The van der Waals surface area contributed by atoms with Gasteiger partial charge in [-0.3, -0.25) is 0 Å². The molecular weight excluding hydrogens is 282 g/mol. The van der Waals surface area contributed by atoms with Gasteiger partial charge in [-0.25, -0.2) is 16.5 Å². The zero-order chi connectivity index (χ0) is 16.9. The molecular formula is C20H21N3. The summed E-state index contributed by atoms with van der Waals surface area (Å²) in [6.07, 6.45) is 1.80. The molecule has 0 aliphatic heterocycles. The van der Waals surface area contributed by atoms with Crippen molar-refractivity contribution in [3.63, 3.8) is 0 Å². The topological polar surface area (TPSA) is 30.1 Å². The van der Waals surface area contributed by atoms with Crippen molar-refractivity contribution in [3.05, 3.63) is 84.3 Å². The van der Waals surface area contributed by atoms with Crippen molar-refractivity contribution in [3.8, 4) is 22.6 Å². The van der Waals surface area contributed by atoms with E-state index in [1.165, 1.54) is 7.05 Å². The average molecular weight is 303 g/mol. The standard InChI is InChI=1S/C16H12N2.C2H3N.C2H6/c1-3-7-13(8-4-1)15-11-12-17-16(18-15)14-9-5-2-6-10-14;1-3-2;1-2/h1-12H;1H3;1-2H3. The summed E-state index contributed by atoms with van der Waals surface area (Å²) in [5, 5.41) is 0. The summed E-state index contributed by atoms with van der Waals surface area (Å²) < 4.78 is 0. The lowest BCUT2D eigenvalue weighted by Gasteiger charge is -2.03. The molecule has 0 saturated carbocycles. The molecule has 0 unspecified atom stereocenters. The van der Waals surface area contributed by atoms with Crippen molar-refractivity contribution < 1.29 is 0 Å². The Bertz CT molecular complexity index is 662. The maximum atomic E-state index is 5.83. The van der Waals surface area contributed by atoms with Gasteiger partial charge in [-0.15, -0.1) is 0 Å². The van der Waals surface area contributed by atoms with E-state index in [1.807, 2.05) is 68.4 Å². The largest absolute Gasteiger partial charge is 0.320 e. The Kier molecular flexibility index (Phi) is 8.40. The Balaban J connectivity index is 0.000000477. The number of hydrogen-bond donors (Lipinski definition) is 0. The summed E-state index contributed by atoms with van der Waals surface area (Å²) in [5.74, 6) is 0.761. The zero-order valence-electron chi connectivity index (χ0n) is 13.8. The minimum absolute atomic E-state index is 0.761. The summed E-state index contributed by atoms with van der Waals surface area (Å²) in [5.41, 5.74) is 3.09. The van der Waals surface area contributed by atoms with Gasteiger partial charge in [0.2, 0.25) is 7.05 Å². The Morgan fingerprint density at radius 2 is 1.26 bits per heavy atom. The fraction of sp³-hybridized carbons (Fsp3) is 0.150. The molecule has 3 heteroatoms. The van der Waals surface area contributed by atoms with Crippen molar-refractivity contribution in [2.45, 2.75) is 13.8 Å². The smallest absolute Gasteiger partial charge is 0.205 e. The van der Waals surface area contributed by atoms with E-state index in [-0.39, 0.29) is 0 Å². The molecule has 3 nitrogen and oxygen atoms in total. The van der Waals surface area contributed by atoms with Gasteiger partial charge in [0.25, 0.3) is 0 Å². The van der Waals surface area contributed by atoms with Gasteiger partial charge < -0.3 is 4.85 Å². The number of aromatic nitrogens is 2. The van der Waals surface area contributed by atoms with Crippen LogP contribution in [0, 0.1) is 6.57 Å². The Morgan fingerprint density at radius 1 is 0.783 bits per heavy atom. The second kappa shape index (κ2) is 10.7. The molecule has 0 aliphatic rings. The normalized spacial score (nSPS) is 8.61. The third-order valence-electron chi connectivity index (χ3n) is 2.76. The monoisotopic (exact) mass is 303 g/mol. The van der Waals surface area contributed by atoms with E-state index < -0.39 is 0 Å². The summed E-state index contributed by atoms with van der Waals surface area (Å²) >= 11 is 0. The van der Waals surface area contributed by atoms with Crippen LogP contribution in [0.15, 0.2) is 72.9 Å². The maximum Gasteiger partial charge on any atom is 0.205 e. The van der Waals surface area contributed by atoms with Crippen LogP contribution in [0.1, 0.15) is 13.8 Å². The van der Waals surface area contributed by atoms with Crippen LogP contribution in [0.5, 0.6) is 0 Å². The van der Waals surface area contributed by atoms with Gasteiger partial charge in [0.05, 0.1) is 5.69 Å². The number of hydrogen-bond acceptors (Lipinski definition) is 2. The van der Waals surface area contributed by atoms with Crippen LogP contribution in [-0.2, 0) is 0 Å². The fourth-order valence-electron chi connectivity index (χ4n) is 1.85. The molecule has 0 spiro atoms. The Labute approximate surface area is 138 Å². The van der Waals surface area contributed by atoms with Crippen LogP contribution < -0.4 is 0 Å². The molecule has 1 heterocycles. The highest BCUT2D eigenvalue weighted by molar-refractivity contribution is 5.63. The molecule has 1 aromatic heterocycles. The molecule has 0 amide bonds. The van der Waals surface area contributed by atoms with Gasteiger partial charge in [0.15, 0.2) is 5.82 Å². The number of rotatable bonds is 2. The van der Waals surface area contributed by atoms with Gasteiger partial charge in [0, 0.05) is 17.3 Å². The molecule has 0 bridgehead atoms. The first kappa shape index (κ1) is 18.1. The van der Waals surface area contributed by atoms with E-state index in [2.05, 4.69) is 26.9 Å². The number of nitrogens with zero attached hydrogens (tertiary/aromatic N) is 3. The zero-order valence-corrected chi connectivity index (χ0v) is 13.8. The molecule has 0 radical (unpaired) electrons. The molecule has 2 aromatic carbocycles. The van der Waals surface area contributed by atoms with Gasteiger partial charge >= 0.3 is 0 Å². The van der Waals surface area contributed by atoms with Gasteiger partial charge in [-0.1, -0.05) is 74.5 Å². The van der Waals surface area contributed by atoms with E-state index in [4.69, 9.17) is 6.57 Å². The van der Waals surface area contributed by atoms with Gasteiger partial charge in [0.1, 0.15) is 0 Å². The van der Waals surface area contributed by atoms with Crippen molar-refractivity contribution >= 4 is 0 Å². The summed E-state index contributed by atoms with van der Waals surface area (Å²) in [7, 11) is 1.42. The summed E-state index contributed by atoms with van der Waals surface area (Å²) in [6.45, 7) is 9.83. The Morgan fingerprint density at radius 3 is 1.78 bits per heavy atom. The van der Waals surface area contributed by atoms with Crippen molar-refractivity contribution in [1.82, 2.24) is 9.97 Å². The van der Waals surface area contributed by atoms with E-state index in [0.29, 0.717) is 0 Å². The van der Waals surface area contributed by atoms with Crippen LogP contribution >= 0.6 is 0 Å². The van der Waals surface area contributed by atoms with Crippen molar-refractivity contribution in [2.24, 2.45) is 0 Å². The summed E-state index contributed by atoms with van der Waals surface area (Å²) in [4.78, 5) is 11.7. The van der Waals surface area contributed by atoms with E-state index in [1.54, 1.807) is 6.20 Å². The molecule has 0 aliphatic carbocycles. The molecule has 0 saturated heterocycles. The van der Waals surface area contributed by atoms with E-state index in [9.17, 15) is 0 Å².